The average Bonchev–Trinajstić information content (AvgIpc) is 2.68. The van der Waals surface area contributed by atoms with Crippen LogP contribution in [-0.4, -0.2) is 72.5 Å². The lowest BCUT2D eigenvalue weighted by atomic mass is 9.71. The molecule has 22 heavy (non-hydrogen) atoms. The first kappa shape index (κ1) is 18.2. The molecule has 0 bridgehead atoms. The van der Waals surface area contributed by atoms with Gasteiger partial charge in [0.15, 0.2) is 0 Å². The minimum absolute atomic E-state index is 0.0188. The van der Waals surface area contributed by atoms with Gasteiger partial charge in [-0.25, -0.2) is 0 Å². The summed E-state index contributed by atoms with van der Waals surface area (Å²) in [6, 6.07) is 0. The fraction of sp³-hybridized carbons (Fsp3) is 1.00. The van der Waals surface area contributed by atoms with Crippen molar-refractivity contribution in [2.24, 2.45) is 5.41 Å². The van der Waals surface area contributed by atoms with E-state index in [1.165, 1.54) is 19.5 Å². The fourth-order valence-electron chi connectivity index (χ4n) is 3.65. The van der Waals surface area contributed by atoms with E-state index >= 15 is 0 Å². The lowest BCUT2D eigenvalue weighted by Crippen LogP contribution is -2.55. The summed E-state index contributed by atoms with van der Waals surface area (Å²) in [6.07, 6.45) is 4.80. The fourth-order valence-corrected chi connectivity index (χ4v) is 3.65. The van der Waals surface area contributed by atoms with Gasteiger partial charge >= 0.3 is 0 Å². The molecule has 1 N–H and O–H groups in total. The van der Waals surface area contributed by atoms with E-state index in [2.05, 4.69) is 30.6 Å². The number of aliphatic hydroxyl groups is 1. The van der Waals surface area contributed by atoms with Gasteiger partial charge in [-0.3, -0.25) is 0 Å². The smallest absolute Gasteiger partial charge is 0.0699 e. The molecular formula is C18H36N2O2. The summed E-state index contributed by atoms with van der Waals surface area (Å²) >= 11 is 0. The Morgan fingerprint density at radius 1 is 1.14 bits per heavy atom. The van der Waals surface area contributed by atoms with Crippen LogP contribution in [0.3, 0.4) is 0 Å². The molecule has 130 valence electrons. The summed E-state index contributed by atoms with van der Waals surface area (Å²) in [5.41, 5.74) is -0.547. The second-order valence-electron chi connectivity index (χ2n) is 8.09. The number of hydrogen-bond acceptors (Lipinski definition) is 4. The van der Waals surface area contributed by atoms with Gasteiger partial charge in [-0.2, -0.15) is 0 Å². The molecule has 0 aliphatic carbocycles. The van der Waals surface area contributed by atoms with E-state index in [4.69, 9.17) is 4.74 Å². The summed E-state index contributed by atoms with van der Waals surface area (Å²) in [6.45, 7) is 16.1. The first-order valence-electron chi connectivity index (χ1n) is 9.13. The maximum atomic E-state index is 10.5. The molecule has 2 fully saturated rings. The molecule has 0 aromatic rings. The molecule has 2 unspecified atom stereocenters. The highest BCUT2D eigenvalue weighted by Gasteiger charge is 2.43. The molecule has 2 saturated heterocycles. The number of rotatable bonds is 5. The van der Waals surface area contributed by atoms with Crippen LogP contribution in [0.4, 0.5) is 0 Å². The highest BCUT2D eigenvalue weighted by Crippen LogP contribution is 2.38. The molecule has 2 aliphatic heterocycles. The van der Waals surface area contributed by atoms with E-state index in [0.29, 0.717) is 6.10 Å². The van der Waals surface area contributed by atoms with Crippen molar-refractivity contribution in [3.63, 3.8) is 0 Å². The zero-order valence-corrected chi connectivity index (χ0v) is 15.1. The topological polar surface area (TPSA) is 35.9 Å². The van der Waals surface area contributed by atoms with Gasteiger partial charge < -0.3 is 19.6 Å². The van der Waals surface area contributed by atoms with Crippen LogP contribution in [0, 0.1) is 5.41 Å². The zero-order valence-electron chi connectivity index (χ0n) is 15.1. The van der Waals surface area contributed by atoms with E-state index in [9.17, 15) is 5.11 Å². The van der Waals surface area contributed by atoms with Crippen LogP contribution in [0.5, 0.6) is 0 Å². The SMILES string of the molecule is CCC1CN(CCCN2CCC(C)(O)C(C)(C)C2)CCCO1. The molecule has 2 atom stereocenters. The maximum Gasteiger partial charge on any atom is 0.0699 e. The first-order valence-corrected chi connectivity index (χ1v) is 9.13. The predicted octanol–water partition coefficient (Wildman–Crippen LogP) is 2.36. The van der Waals surface area contributed by atoms with E-state index in [-0.39, 0.29) is 5.41 Å². The molecule has 2 rings (SSSR count). The second kappa shape index (κ2) is 7.61. The van der Waals surface area contributed by atoms with Crippen LogP contribution >= 0.6 is 0 Å². The molecule has 0 amide bonds. The van der Waals surface area contributed by atoms with Crippen LogP contribution in [0.1, 0.15) is 53.4 Å². The van der Waals surface area contributed by atoms with Gasteiger partial charge in [-0.15, -0.1) is 0 Å². The molecule has 0 aromatic heterocycles. The molecule has 4 nitrogen and oxygen atoms in total. The standard InChI is InChI=1S/C18H36N2O2/c1-5-16-14-19(11-7-13-22-16)9-6-10-20-12-8-18(4,21)17(2,3)15-20/h16,21H,5-15H2,1-4H3. The van der Waals surface area contributed by atoms with Crippen molar-refractivity contribution >= 4 is 0 Å². The number of hydrogen-bond donors (Lipinski definition) is 1. The third-order valence-electron chi connectivity index (χ3n) is 5.83. The Kier molecular flexibility index (Phi) is 6.29. The van der Waals surface area contributed by atoms with Crippen molar-refractivity contribution in [2.45, 2.75) is 65.1 Å². The summed E-state index contributed by atoms with van der Waals surface area (Å²) in [5, 5.41) is 10.5. The van der Waals surface area contributed by atoms with Crippen LogP contribution in [0.2, 0.25) is 0 Å². The molecule has 2 heterocycles. The minimum atomic E-state index is -0.528. The first-order chi connectivity index (χ1) is 10.3. The summed E-state index contributed by atoms with van der Waals surface area (Å²) < 4.78 is 5.85. The van der Waals surface area contributed by atoms with Crippen molar-refractivity contribution in [3.05, 3.63) is 0 Å². The lowest BCUT2D eigenvalue weighted by molar-refractivity contribution is -0.105. The number of piperidine rings is 1. The van der Waals surface area contributed by atoms with E-state index in [1.54, 1.807) is 0 Å². The van der Waals surface area contributed by atoms with E-state index < -0.39 is 5.60 Å². The van der Waals surface area contributed by atoms with Crippen molar-refractivity contribution in [3.8, 4) is 0 Å². The summed E-state index contributed by atoms with van der Waals surface area (Å²) in [5.74, 6) is 0. The van der Waals surface area contributed by atoms with Crippen LogP contribution in [-0.2, 0) is 4.74 Å². The van der Waals surface area contributed by atoms with Gasteiger partial charge in [0.25, 0.3) is 0 Å². The Labute approximate surface area is 136 Å². The van der Waals surface area contributed by atoms with Gasteiger partial charge in [0, 0.05) is 38.2 Å². The van der Waals surface area contributed by atoms with Crippen molar-refractivity contribution in [1.29, 1.82) is 0 Å². The number of nitrogens with zero attached hydrogens (tertiary/aromatic N) is 2. The molecule has 2 aliphatic rings. The Bertz CT molecular complexity index is 344. The molecule has 0 spiro atoms. The van der Waals surface area contributed by atoms with Crippen molar-refractivity contribution in [2.75, 3.05) is 45.9 Å². The molecule has 0 saturated carbocycles. The Hall–Kier alpha value is -0.160. The highest BCUT2D eigenvalue weighted by atomic mass is 16.5. The minimum Gasteiger partial charge on any atom is -0.390 e. The number of likely N-dealkylation sites (tertiary alicyclic amines) is 1. The predicted molar refractivity (Wildman–Crippen MR) is 91.2 cm³/mol. The van der Waals surface area contributed by atoms with E-state index in [1.807, 2.05) is 6.92 Å². The quantitative estimate of drug-likeness (QED) is 0.845. The second-order valence-corrected chi connectivity index (χ2v) is 8.09. The van der Waals surface area contributed by atoms with Crippen molar-refractivity contribution < 1.29 is 9.84 Å². The molecule has 0 radical (unpaired) electrons. The van der Waals surface area contributed by atoms with Gasteiger partial charge in [0.1, 0.15) is 0 Å². The Morgan fingerprint density at radius 3 is 2.55 bits per heavy atom. The molecule has 0 aromatic carbocycles. The monoisotopic (exact) mass is 312 g/mol. The van der Waals surface area contributed by atoms with Crippen LogP contribution in [0.25, 0.3) is 0 Å². The van der Waals surface area contributed by atoms with Gasteiger partial charge in [-0.1, -0.05) is 20.8 Å². The maximum absolute atomic E-state index is 10.5. The van der Waals surface area contributed by atoms with Gasteiger partial charge in [0.05, 0.1) is 11.7 Å². The van der Waals surface area contributed by atoms with Gasteiger partial charge in [0.2, 0.25) is 0 Å². The third-order valence-corrected chi connectivity index (χ3v) is 5.83. The zero-order chi connectivity index (χ0) is 16.2. The highest BCUT2D eigenvalue weighted by molar-refractivity contribution is 4.96. The largest absolute Gasteiger partial charge is 0.390 e. The van der Waals surface area contributed by atoms with Crippen LogP contribution in [0.15, 0.2) is 0 Å². The Morgan fingerprint density at radius 2 is 1.86 bits per heavy atom. The Balaban J connectivity index is 1.72. The lowest BCUT2D eigenvalue weighted by Gasteiger charge is -2.48. The van der Waals surface area contributed by atoms with Crippen molar-refractivity contribution in [1.82, 2.24) is 9.80 Å². The van der Waals surface area contributed by atoms with Gasteiger partial charge in [-0.05, 0) is 45.7 Å². The summed E-state index contributed by atoms with van der Waals surface area (Å²) in [4.78, 5) is 5.11. The molecular weight excluding hydrogens is 276 g/mol. The van der Waals surface area contributed by atoms with Crippen LogP contribution < -0.4 is 0 Å². The number of ether oxygens (including phenoxy) is 1. The van der Waals surface area contributed by atoms with E-state index in [0.717, 1.165) is 52.0 Å². The third kappa shape index (κ3) is 4.67. The molecule has 4 heteroatoms. The average molecular weight is 312 g/mol. The summed E-state index contributed by atoms with van der Waals surface area (Å²) in [7, 11) is 0. The normalized spacial score (nSPS) is 34.5.